The van der Waals surface area contributed by atoms with E-state index in [-0.39, 0.29) is 11.5 Å². The first kappa shape index (κ1) is 19.7. The number of benzene rings is 2. The van der Waals surface area contributed by atoms with E-state index in [4.69, 9.17) is 0 Å². The molecule has 0 amide bonds. The predicted molar refractivity (Wildman–Crippen MR) is 75.7 cm³/mol. The summed E-state index contributed by atoms with van der Waals surface area (Å²) in [5, 5.41) is 0. The van der Waals surface area contributed by atoms with E-state index in [0.29, 0.717) is 0 Å². The Bertz CT molecular complexity index is 632. The van der Waals surface area contributed by atoms with Crippen LogP contribution in [-0.2, 0) is 0 Å². The van der Waals surface area contributed by atoms with Gasteiger partial charge in [-0.25, -0.2) is 0 Å². The van der Waals surface area contributed by atoms with Gasteiger partial charge in [0.25, 0.3) is 0 Å². The molecule has 0 fully saturated rings. The average molecular weight is 352 g/mol. The standard InChI is InChI=1S/2C8H7F3O/c1-6-2-4-7(5-3-6)12-8(9,10)11;1-6-3-2-4-7(5-6)12-8(9,10)11/h2*2-5H,1H3. The van der Waals surface area contributed by atoms with E-state index < -0.39 is 12.7 Å². The molecule has 0 aromatic heterocycles. The number of halogens is 6. The van der Waals surface area contributed by atoms with Gasteiger partial charge in [-0.05, 0) is 43.7 Å². The molecular formula is C16H14F6O2. The van der Waals surface area contributed by atoms with Gasteiger partial charge in [0.1, 0.15) is 11.5 Å². The molecule has 0 heterocycles. The van der Waals surface area contributed by atoms with Crippen LogP contribution < -0.4 is 9.47 Å². The molecule has 0 unspecified atom stereocenters. The quantitative estimate of drug-likeness (QED) is 0.637. The summed E-state index contributed by atoms with van der Waals surface area (Å²) in [6.07, 6.45) is -9.21. The van der Waals surface area contributed by atoms with Crippen molar-refractivity contribution in [3.8, 4) is 11.5 Å². The van der Waals surface area contributed by atoms with Gasteiger partial charge in [-0.15, -0.1) is 26.3 Å². The van der Waals surface area contributed by atoms with Gasteiger partial charge in [-0.2, -0.15) is 0 Å². The molecule has 0 spiro atoms. The first-order valence-corrected chi connectivity index (χ1v) is 6.59. The minimum Gasteiger partial charge on any atom is -0.406 e. The molecular weight excluding hydrogens is 338 g/mol. The highest BCUT2D eigenvalue weighted by Gasteiger charge is 2.31. The maximum Gasteiger partial charge on any atom is 0.573 e. The molecule has 24 heavy (non-hydrogen) atoms. The van der Waals surface area contributed by atoms with Crippen LogP contribution in [-0.4, -0.2) is 12.7 Å². The van der Waals surface area contributed by atoms with Gasteiger partial charge in [-0.1, -0.05) is 29.8 Å². The van der Waals surface area contributed by atoms with Crippen LogP contribution in [0.3, 0.4) is 0 Å². The largest absolute Gasteiger partial charge is 0.573 e. The van der Waals surface area contributed by atoms with Crippen LogP contribution >= 0.6 is 0 Å². The Morgan fingerprint density at radius 2 is 1.12 bits per heavy atom. The van der Waals surface area contributed by atoms with Crippen molar-refractivity contribution in [1.29, 1.82) is 0 Å². The van der Waals surface area contributed by atoms with Crippen molar-refractivity contribution >= 4 is 0 Å². The first-order valence-electron chi connectivity index (χ1n) is 6.59. The number of ether oxygens (including phenoxy) is 2. The van der Waals surface area contributed by atoms with Crippen molar-refractivity contribution in [3.63, 3.8) is 0 Å². The molecule has 0 atom stereocenters. The van der Waals surface area contributed by atoms with Crippen molar-refractivity contribution < 1.29 is 35.8 Å². The van der Waals surface area contributed by atoms with Gasteiger partial charge in [-0.3, -0.25) is 0 Å². The van der Waals surface area contributed by atoms with E-state index in [0.717, 1.165) is 11.1 Å². The Morgan fingerprint density at radius 3 is 1.58 bits per heavy atom. The highest BCUT2D eigenvalue weighted by atomic mass is 19.4. The third kappa shape index (κ3) is 8.92. The molecule has 0 N–H and O–H groups in total. The molecule has 2 nitrogen and oxygen atoms in total. The fourth-order valence-electron chi connectivity index (χ4n) is 1.55. The van der Waals surface area contributed by atoms with Crippen LogP contribution in [0.1, 0.15) is 11.1 Å². The van der Waals surface area contributed by atoms with Crippen LogP contribution in [0.25, 0.3) is 0 Å². The third-order valence-corrected chi connectivity index (χ3v) is 2.48. The molecule has 0 saturated heterocycles. The molecule has 0 saturated carbocycles. The summed E-state index contributed by atoms with van der Waals surface area (Å²) in [6.45, 7) is 3.49. The minimum absolute atomic E-state index is 0.178. The summed E-state index contributed by atoms with van der Waals surface area (Å²) in [5.41, 5.74) is 1.63. The number of hydrogen-bond donors (Lipinski definition) is 0. The second-order valence-electron chi connectivity index (χ2n) is 4.73. The second-order valence-corrected chi connectivity index (χ2v) is 4.73. The summed E-state index contributed by atoms with van der Waals surface area (Å²) in [4.78, 5) is 0. The molecule has 2 aromatic carbocycles. The van der Waals surface area contributed by atoms with E-state index in [9.17, 15) is 26.3 Å². The van der Waals surface area contributed by atoms with E-state index in [1.54, 1.807) is 32.0 Å². The van der Waals surface area contributed by atoms with Crippen LogP contribution in [0.2, 0.25) is 0 Å². The van der Waals surface area contributed by atoms with E-state index in [1.807, 2.05) is 0 Å². The van der Waals surface area contributed by atoms with Gasteiger partial charge < -0.3 is 9.47 Å². The van der Waals surface area contributed by atoms with Gasteiger partial charge in [0, 0.05) is 0 Å². The maximum absolute atomic E-state index is 11.7. The summed E-state index contributed by atoms with van der Waals surface area (Å²) in [7, 11) is 0. The van der Waals surface area contributed by atoms with Gasteiger partial charge in [0.15, 0.2) is 0 Å². The van der Waals surface area contributed by atoms with Crippen LogP contribution in [0.15, 0.2) is 48.5 Å². The van der Waals surface area contributed by atoms with Gasteiger partial charge >= 0.3 is 12.7 Å². The van der Waals surface area contributed by atoms with E-state index in [1.165, 1.54) is 30.3 Å². The van der Waals surface area contributed by atoms with Gasteiger partial charge in [0.2, 0.25) is 0 Å². The van der Waals surface area contributed by atoms with Crippen LogP contribution in [0.5, 0.6) is 11.5 Å². The molecule has 8 heteroatoms. The maximum atomic E-state index is 11.7. The zero-order valence-electron chi connectivity index (χ0n) is 12.7. The molecule has 2 aromatic rings. The molecule has 132 valence electrons. The van der Waals surface area contributed by atoms with Crippen molar-refractivity contribution in [2.75, 3.05) is 0 Å². The minimum atomic E-state index is -4.60. The highest BCUT2D eigenvalue weighted by molar-refractivity contribution is 5.27. The van der Waals surface area contributed by atoms with Crippen LogP contribution in [0.4, 0.5) is 26.3 Å². The average Bonchev–Trinajstić information content (AvgIpc) is 2.39. The second kappa shape index (κ2) is 7.94. The Hall–Kier alpha value is -2.38. The first-order chi connectivity index (χ1) is 10.9. The van der Waals surface area contributed by atoms with Gasteiger partial charge in [0.05, 0.1) is 0 Å². The molecule has 0 aliphatic rings. The smallest absolute Gasteiger partial charge is 0.406 e. The monoisotopic (exact) mass is 352 g/mol. The lowest BCUT2D eigenvalue weighted by atomic mass is 10.2. The topological polar surface area (TPSA) is 18.5 Å². The summed E-state index contributed by atoms with van der Waals surface area (Å²) in [6, 6.07) is 11.5. The number of hydrogen-bond acceptors (Lipinski definition) is 2. The van der Waals surface area contributed by atoms with Crippen molar-refractivity contribution in [1.82, 2.24) is 0 Å². The van der Waals surface area contributed by atoms with Crippen LogP contribution in [0, 0.1) is 13.8 Å². The summed E-state index contributed by atoms with van der Waals surface area (Å²) >= 11 is 0. The Labute approximate surface area is 134 Å². The fraction of sp³-hybridized carbons (Fsp3) is 0.250. The lowest BCUT2D eigenvalue weighted by Gasteiger charge is -2.08. The predicted octanol–water partition coefficient (Wildman–Crippen LogP) is 5.79. The zero-order valence-corrected chi connectivity index (χ0v) is 12.7. The van der Waals surface area contributed by atoms with E-state index >= 15 is 0 Å². The summed E-state index contributed by atoms with van der Waals surface area (Å²) in [5.74, 6) is -0.365. The summed E-state index contributed by atoms with van der Waals surface area (Å²) < 4.78 is 77.2. The SMILES string of the molecule is Cc1ccc(OC(F)(F)F)cc1.Cc1cccc(OC(F)(F)F)c1. The number of rotatable bonds is 2. The number of alkyl halides is 6. The zero-order chi connectivity index (χ0) is 18.4. The normalized spacial score (nSPS) is 11.3. The van der Waals surface area contributed by atoms with Crippen molar-refractivity contribution in [2.24, 2.45) is 0 Å². The Morgan fingerprint density at radius 1 is 0.625 bits per heavy atom. The van der Waals surface area contributed by atoms with E-state index in [2.05, 4.69) is 9.47 Å². The van der Waals surface area contributed by atoms with Crippen molar-refractivity contribution in [2.45, 2.75) is 26.6 Å². The van der Waals surface area contributed by atoms with Crippen molar-refractivity contribution in [3.05, 3.63) is 59.7 Å². The Balaban J connectivity index is 0.000000240. The fourth-order valence-corrected chi connectivity index (χ4v) is 1.55. The molecule has 0 aliphatic heterocycles. The lowest BCUT2D eigenvalue weighted by Crippen LogP contribution is -2.17. The lowest BCUT2D eigenvalue weighted by molar-refractivity contribution is -0.275. The molecule has 0 aliphatic carbocycles. The molecule has 0 radical (unpaired) electrons. The third-order valence-electron chi connectivity index (χ3n) is 2.48. The highest BCUT2D eigenvalue weighted by Crippen LogP contribution is 2.23. The molecule has 0 bridgehead atoms. The molecule has 2 rings (SSSR count). The number of aryl methyl sites for hydroxylation is 2. The Kier molecular flexibility index (Phi) is 6.51.